The number of aryl methyl sites for hydroxylation is 1. The summed E-state index contributed by atoms with van der Waals surface area (Å²) in [5, 5.41) is 0.777. The van der Waals surface area contributed by atoms with Crippen LogP contribution in [0, 0.1) is 6.92 Å². The van der Waals surface area contributed by atoms with Crippen molar-refractivity contribution in [3.05, 3.63) is 132 Å². The van der Waals surface area contributed by atoms with Gasteiger partial charge >= 0.3 is 312 Å². The van der Waals surface area contributed by atoms with E-state index in [0.717, 1.165) is 17.9 Å². The van der Waals surface area contributed by atoms with E-state index < -0.39 is 18.3 Å². The van der Waals surface area contributed by atoms with Crippen molar-refractivity contribution < 1.29 is 18.3 Å². The first-order valence-corrected chi connectivity index (χ1v) is 25.6. The van der Waals surface area contributed by atoms with Gasteiger partial charge in [0, 0.05) is 0 Å². The van der Waals surface area contributed by atoms with Gasteiger partial charge in [0.2, 0.25) is 0 Å². The number of hydrogen-bond acceptors (Lipinski definition) is 0. The van der Waals surface area contributed by atoms with Crippen LogP contribution in [0.3, 0.4) is 0 Å². The van der Waals surface area contributed by atoms with Gasteiger partial charge in [-0.25, -0.2) is 0 Å². The van der Waals surface area contributed by atoms with E-state index in [4.69, 9.17) is 15.8 Å². The Morgan fingerprint density at radius 1 is 0.635 bits per heavy atom. The third-order valence-electron chi connectivity index (χ3n) is 11.7. The molecule has 0 atom stereocenters. The zero-order chi connectivity index (χ0) is 36.8. The molecule has 0 fully saturated rings. The molecular formula is C48H61Cl3Zr. The molecule has 0 spiro atoms. The number of hydrogen-bond donors (Lipinski definition) is 0. The summed E-state index contributed by atoms with van der Waals surface area (Å²) in [7, 11) is 0. The van der Waals surface area contributed by atoms with Crippen LogP contribution in [0.25, 0.3) is 11.1 Å². The number of benzene rings is 4. The van der Waals surface area contributed by atoms with E-state index in [9.17, 15) is 0 Å². The van der Waals surface area contributed by atoms with Crippen molar-refractivity contribution in [2.24, 2.45) is 0 Å². The molecule has 0 bridgehead atoms. The van der Waals surface area contributed by atoms with Crippen LogP contribution >= 0.6 is 36.4 Å². The van der Waals surface area contributed by atoms with E-state index in [-0.39, 0.29) is 46.5 Å². The number of rotatable bonds is 4. The summed E-state index contributed by atoms with van der Waals surface area (Å²) in [6.45, 7) is 30.9. The van der Waals surface area contributed by atoms with Crippen LogP contribution in [0.4, 0.5) is 0 Å². The van der Waals surface area contributed by atoms with Gasteiger partial charge in [-0.3, -0.25) is 0 Å². The number of halogens is 3. The maximum atomic E-state index is 7.03. The van der Waals surface area contributed by atoms with E-state index in [2.05, 4.69) is 169 Å². The van der Waals surface area contributed by atoms with Gasteiger partial charge in [0.25, 0.3) is 0 Å². The molecule has 0 radical (unpaired) electrons. The van der Waals surface area contributed by atoms with Gasteiger partial charge < -0.3 is 0 Å². The van der Waals surface area contributed by atoms with E-state index in [1.165, 1.54) is 63.2 Å². The van der Waals surface area contributed by atoms with Crippen molar-refractivity contribution >= 4 is 50.4 Å². The normalized spacial score (nSPS) is 14.7. The Labute approximate surface area is 334 Å². The Kier molecular flexibility index (Phi) is 11.4. The molecule has 0 nitrogen and oxygen atoms in total. The van der Waals surface area contributed by atoms with Gasteiger partial charge in [-0.15, -0.1) is 24.8 Å². The molecule has 0 aliphatic heterocycles. The predicted molar refractivity (Wildman–Crippen MR) is 234 cm³/mol. The van der Waals surface area contributed by atoms with Crippen LogP contribution in [0.15, 0.2) is 88.2 Å². The van der Waals surface area contributed by atoms with Crippen LogP contribution in [0.2, 0.25) is 5.02 Å². The van der Waals surface area contributed by atoms with Gasteiger partial charge in [0.1, 0.15) is 0 Å². The Morgan fingerprint density at radius 3 is 1.69 bits per heavy atom. The third-order valence-corrected chi connectivity index (χ3v) is 28.2. The molecule has 0 heterocycles. The van der Waals surface area contributed by atoms with Gasteiger partial charge in [0.15, 0.2) is 0 Å². The third kappa shape index (κ3) is 6.78. The maximum absolute atomic E-state index is 7.03. The molecule has 0 aromatic heterocycles. The zero-order valence-corrected chi connectivity index (χ0v) is 38.7. The summed E-state index contributed by atoms with van der Waals surface area (Å²) in [5.41, 5.74) is 12.7. The topological polar surface area (TPSA) is 0 Å². The molecule has 0 saturated carbocycles. The predicted octanol–water partition coefficient (Wildman–Crippen LogP) is 12.5. The standard InChI is InChI=1S/C29H41.C7H7.C6H4Cl.C5H5.CH2.2ClH.Zr/c1-26(2,3)22-14-18-13-19-15-23(27(4,5)6)25(29(10,11)12)17-21(19)20(18)16-24(22)28(7,8)9;1-7-5-3-2-4-6-7;7-6-4-2-1-3-5-6;1-2-4-5-3-1;;;;/h14,16-17H,13H2,1-12H3;3-6H,1H3;1-2,4-5H;1-3H,4H2;1H2;2*1H;. The van der Waals surface area contributed by atoms with Gasteiger partial charge in [-0.2, -0.15) is 0 Å². The molecule has 0 N–H and O–H groups in total. The first-order valence-electron chi connectivity index (χ1n) is 18.6. The Hall–Kier alpha value is -2.02. The SMILES string of the molecule is Cl.Cl.[CH2]=[Zr]([C]1=CC=CC1)([c]1ccc(C)cc1)([c]1cccc(Cl)c1)[c]1c2c(cc(C(C)(C)C)c1C(C)(C)C)-c1cc(C(C)(C)C)c(C(C)(C)C)cc1C2. The molecule has 278 valence electrons. The summed E-state index contributed by atoms with van der Waals surface area (Å²) in [6, 6.07) is 26.0. The Balaban J connectivity index is 0.00000302. The quantitative estimate of drug-likeness (QED) is 0.169. The van der Waals surface area contributed by atoms with Crippen molar-refractivity contribution in [2.45, 2.75) is 125 Å². The molecule has 2 aliphatic rings. The summed E-state index contributed by atoms with van der Waals surface area (Å²) in [6.07, 6.45) is 8.86. The molecule has 6 rings (SSSR count). The Morgan fingerprint density at radius 2 is 1.19 bits per heavy atom. The summed E-state index contributed by atoms with van der Waals surface area (Å²) < 4.78 is 11.6. The second-order valence-corrected chi connectivity index (χ2v) is 32.8. The van der Waals surface area contributed by atoms with Crippen molar-refractivity contribution in [2.75, 3.05) is 0 Å². The fourth-order valence-electron chi connectivity index (χ4n) is 9.20. The minimum atomic E-state index is -5.11. The zero-order valence-electron chi connectivity index (χ0n) is 33.9. The molecule has 0 saturated heterocycles. The fraction of sp³-hybridized carbons (Fsp3) is 0.396. The fourth-order valence-corrected chi connectivity index (χ4v) is 26.3. The van der Waals surface area contributed by atoms with E-state index in [0.29, 0.717) is 0 Å². The average Bonchev–Trinajstić information content (AvgIpc) is 3.67. The molecule has 4 aromatic carbocycles. The Bertz CT molecular complexity index is 2150. The van der Waals surface area contributed by atoms with Crippen molar-refractivity contribution in [3.8, 4) is 11.1 Å². The number of fused-ring (bicyclic) bond motifs is 3. The second kappa shape index (κ2) is 13.9. The van der Waals surface area contributed by atoms with Gasteiger partial charge in [0.05, 0.1) is 0 Å². The van der Waals surface area contributed by atoms with Crippen LogP contribution in [0.1, 0.15) is 128 Å². The summed E-state index contributed by atoms with van der Waals surface area (Å²) >= 11 is 1.93. The molecule has 4 aromatic rings. The van der Waals surface area contributed by atoms with Crippen LogP contribution < -0.4 is 9.81 Å². The molecule has 0 unspecified atom stereocenters. The first kappa shape index (κ1) is 42.7. The van der Waals surface area contributed by atoms with Crippen molar-refractivity contribution in [3.63, 3.8) is 0 Å². The van der Waals surface area contributed by atoms with Crippen LogP contribution in [0.5, 0.6) is 0 Å². The summed E-state index contributed by atoms with van der Waals surface area (Å²) in [4.78, 5) is 0. The molecular weight excluding hydrogens is 774 g/mol. The van der Waals surface area contributed by atoms with E-state index >= 15 is 0 Å². The van der Waals surface area contributed by atoms with Crippen LogP contribution in [-0.2, 0) is 46.4 Å². The molecule has 2 aliphatic carbocycles. The minimum absolute atomic E-state index is 0. The number of allylic oxidation sites excluding steroid dienone is 4. The monoisotopic (exact) mass is 832 g/mol. The van der Waals surface area contributed by atoms with Crippen molar-refractivity contribution in [1.29, 1.82) is 0 Å². The molecule has 4 heteroatoms. The molecule has 52 heavy (non-hydrogen) atoms. The second-order valence-electron chi connectivity index (χ2n) is 19.6. The van der Waals surface area contributed by atoms with Crippen molar-refractivity contribution in [1.82, 2.24) is 0 Å². The first-order chi connectivity index (χ1) is 23.0. The van der Waals surface area contributed by atoms with Gasteiger partial charge in [-0.05, 0) is 0 Å². The van der Waals surface area contributed by atoms with E-state index in [1.54, 1.807) is 0 Å². The van der Waals surface area contributed by atoms with Crippen LogP contribution in [-0.4, -0.2) is 4.21 Å². The average molecular weight is 836 g/mol. The molecule has 0 amide bonds. The summed E-state index contributed by atoms with van der Waals surface area (Å²) in [5.74, 6) is 0. The van der Waals surface area contributed by atoms with E-state index in [1.807, 2.05) is 6.07 Å². The van der Waals surface area contributed by atoms with Gasteiger partial charge in [-0.1, -0.05) is 0 Å².